The van der Waals surface area contributed by atoms with E-state index in [1.165, 1.54) is 49.6 Å². The van der Waals surface area contributed by atoms with E-state index in [4.69, 9.17) is 4.74 Å². The van der Waals surface area contributed by atoms with E-state index in [0.717, 1.165) is 0 Å². The Hall–Kier alpha value is -2.90. The van der Waals surface area contributed by atoms with Gasteiger partial charge in [-0.2, -0.15) is 8.78 Å². The van der Waals surface area contributed by atoms with Crippen molar-refractivity contribution < 1.29 is 27.4 Å². The highest BCUT2D eigenvalue weighted by Crippen LogP contribution is 2.31. The van der Waals surface area contributed by atoms with E-state index in [2.05, 4.69) is 15.4 Å². The standard InChI is InChI=1S/C15H13F3N2O3/c1-22-12-7-6-11(8-13(12)23-14(17)18)20-15(21)19-10-4-2-9(16)3-5-10/h2-8,14H,1H3,(H2,19,20,21). The molecule has 23 heavy (non-hydrogen) atoms. The largest absolute Gasteiger partial charge is 0.493 e. The first-order valence-corrected chi connectivity index (χ1v) is 6.44. The van der Waals surface area contributed by atoms with Crippen molar-refractivity contribution in [3.05, 3.63) is 48.3 Å². The predicted molar refractivity (Wildman–Crippen MR) is 78.7 cm³/mol. The average molecular weight is 326 g/mol. The summed E-state index contributed by atoms with van der Waals surface area (Å²) >= 11 is 0. The number of alkyl halides is 2. The van der Waals surface area contributed by atoms with Crippen LogP contribution < -0.4 is 20.1 Å². The summed E-state index contributed by atoms with van der Waals surface area (Å²) in [4.78, 5) is 11.8. The third-order valence-electron chi connectivity index (χ3n) is 2.74. The first kappa shape index (κ1) is 16.5. The van der Waals surface area contributed by atoms with E-state index < -0.39 is 18.5 Å². The summed E-state index contributed by atoms with van der Waals surface area (Å²) in [5.74, 6) is -0.531. The summed E-state index contributed by atoms with van der Waals surface area (Å²) in [6.45, 7) is -3.02. The van der Waals surface area contributed by atoms with Crippen molar-refractivity contribution in [2.24, 2.45) is 0 Å². The molecule has 0 unspecified atom stereocenters. The van der Waals surface area contributed by atoms with Gasteiger partial charge in [0.15, 0.2) is 11.5 Å². The number of anilines is 2. The number of benzene rings is 2. The topological polar surface area (TPSA) is 59.6 Å². The molecule has 0 aliphatic carbocycles. The summed E-state index contributed by atoms with van der Waals surface area (Å²) < 4.78 is 46.7. The maximum absolute atomic E-state index is 12.8. The second-order valence-corrected chi connectivity index (χ2v) is 4.33. The Balaban J connectivity index is 2.06. The quantitative estimate of drug-likeness (QED) is 0.870. The third kappa shape index (κ3) is 4.80. The molecule has 8 heteroatoms. The van der Waals surface area contributed by atoms with Crippen LogP contribution in [0, 0.1) is 5.82 Å². The number of hydrogen-bond acceptors (Lipinski definition) is 3. The molecule has 0 radical (unpaired) electrons. The van der Waals surface area contributed by atoms with Gasteiger partial charge in [0.05, 0.1) is 7.11 Å². The Bertz CT molecular complexity index is 678. The lowest BCUT2D eigenvalue weighted by Gasteiger charge is -2.12. The van der Waals surface area contributed by atoms with Crippen LogP contribution in [-0.4, -0.2) is 19.8 Å². The van der Waals surface area contributed by atoms with E-state index in [-0.39, 0.29) is 17.2 Å². The fraction of sp³-hybridized carbons (Fsp3) is 0.133. The Kier molecular flexibility index (Phi) is 5.29. The number of carbonyl (C=O) groups is 1. The number of halogens is 3. The molecule has 2 aromatic rings. The second-order valence-electron chi connectivity index (χ2n) is 4.33. The number of amides is 2. The van der Waals surface area contributed by atoms with Crippen molar-refractivity contribution in [3.8, 4) is 11.5 Å². The Labute approximate surface area is 130 Å². The maximum atomic E-state index is 12.8. The first-order valence-electron chi connectivity index (χ1n) is 6.44. The smallest absolute Gasteiger partial charge is 0.387 e. The Morgan fingerprint density at radius 1 is 1.00 bits per heavy atom. The molecular formula is C15H13F3N2O3. The molecule has 0 fully saturated rings. The molecule has 2 rings (SSSR count). The highest BCUT2D eigenvalue weighted by molar-refractivity contribution is 5.99. The van der Waals surface area contributed by atoms with Gasteiger partial charge in [-0.15, -0.1) is 0 Å². The van der Waals surface area contributed by atoms with Crippen LogP contribution in [0.15, 0.2) is 42.5 Å². The van der Waals surface area contributed by atoms with Gasteiger partial charge in [-0.3, -0.25) is 0 Å². The lowest BCUT2D eigenvalue weighted by molar-refractivity contribution is -0.0511. The van der Waals surface area contributed by atoms with E-state index in [0.29, 0.717) is 5.69 Å². The van der Waals surface area contributed by atoms with Crippen molar-refractivity contribution >= 4 is 17.4 Å². The van der Waals surface area contributed by atoms with Crippen molar-refractivity contribution in [3.63, 3.8) is 0 Å². The van der Waals surface area contributed by atoms with Gasteiger partial charge >= 0.3 is 12.6 Å². The van der Waals surface area contributed by atoms with Crippen LogP contribution >= 0.6 is 0 Å². The number of rotatable bonds is 5. The Morgan fingerprint density at radius 3 is 2.22 bits per heavy atom. The van der Waals surface area contributed by atoms with Gasteiger partial charge in [0.1, 0.15) is 5.82 Å². The van der Waals surface area contributed by atoms with Gasteiger partial charge < -0.3 is 20.1 Å². The van der Waals surface area contributed by atoms with E-state index in [1.807, 2.05) is 0 Å². The van der Waals surface area contributed by atoms with Crippen LogP contribution in [0.3, 0.4) is 0 Å². The minimum Gasteiger partial charge on any atom is -0.493 e. The van der Waals surface area contributed by atoms with Gasteiger partial charge in [-0.05, 0) is 36.4 Å². The molecule has 0 heterocycles. The summed E-state index contributed by atoms with van der Waals surface area (Å²) in [5.41, 5.74) is 0.600. The summed E-state index contributed by atoms with van der Waals surface area (Å²) in [5, 5.41) is 4.92. The molecule has 5 nitrogen and oxygen atoms in total. The number of methoxy groups -OCH3 is 1. The van der Waals surface area contributed by atoms with E-state index in [1.54, 1.807) is 0 Å². The highest BCUT2D eigenvalue weighted by atomic mass is 19.3. The second kappa shape index (κ2) is 7.39. The number of hydrogen-bond donors (Lipinski definition) is 2. The van der Waals surface area contributed by atoms with Gasteiger partial charge in [-0.25, -0.2) is 9.18 Å². The molecule has 0 atom stereocenters. The molecule has 2 N–H and O–H groups in total. The normalized spacial score (nSPS) is 10.3. The van der Waals surface area contributed by atoms with Crippen LogP contribution in [0.25, 0.3) is 0 Å². The van der Waals surface area contributed by atoms with E-state index in [9.17, 15) is 18.0 Å². The molecule has 0 aliphatic heterocycles. The Morgan fingerprint density at radius 2 is 1.61 bits per heavy atom. The maximum Gasteiger partial charge on any atom is 0.387 e. The highest BCUT2D eigenvalue weighted by Gasteiger charge is 2.12. The zero-order valence-electron chi connectivity index (χ0n) is 12.0. The van der Waals surface area contributed by atoms with Gasteiger partial charge in [0.2, 0.25) is 0 Å². The number of ether oxygens (including phenoxy) is 2. The monoisotopic (exact) mass is 326 g/mol. The van der Waals surface area contributed by atoms with Gasteiger partial charge in [0, 0.05) is 17.4 Å². The van der Waals surface area contributed by atoms with Crippen LogP contribution in [0.5, 0.6) is 11.5 Å². The lowest BCUT2D eigenvalue weighted by atomic mass is 10.2. The minimum atomic E-state index is -3.02. The van der Waals surface area contributed by atoms with Crippen molar-refractivity contribution in [2.45, 2.75) is 6.61 Å². The number of nitrogens with one attached hydrogen (secondary N) is 2. The summed E-state index contributed by atoms with van der Waals surface area (Å²) in [7, 11) is 1.31. The van der Waals surface area contributed by atoms with Crippen LogP contribution in [0.1, 0.15) is 0 Å². The van der Waals surface area contributed by atoms with Crippen LogP contribution in [-0.2, 0) is 0 Å². The molecule has 2 aromatic carbocycles. The molecule has 122 valence electrons. The minimum absolute atomic E-state index is 0.106. The van der Waals surface area contributed by atoms with Crippen molar-refractivity contribution in [1.82, 2.24) is 0 Å². The number of carbonyl (C=O) groups excluding carboxylic acids is 1. The molecule has 2 amide bonds. The molecule has 0 aliphatic rings. The summed E-state index contributed by atoms with van der Waals surface area (Å²) in [6.07, 6.45) is 0. The van der Waals surface area contributed by atoms with E-state index >= 15 is 0 Å². The lowest BCUT2D eigenvalue weighted by Crippen LogP contribution is -2.19. The molecule has 0 saturated heterocycles. The first-order chi connectivity index (χ1) is 11.0. The SMILES string of the molecule is COc1ccc(NC(=O)Nc2ccc(F)cc2)cc1OC(F)F. The number of urea groups is 1. The molecule has 0 aromatic heterocycles. The van der Waals surface area contributed by atoms with Gasteiger partial charge in [-0.1, -0.05) is 0 Å². The van der Waals surface area contributed by atoms with Crippen molar-refractivity contribution in [2.75, 3.05) is 17.7 Å². The van der Waals surface area contributed by atoms with Crippen LogP contribution in [0.2, 0.25) is 0 Å². The summed E-state index contributed by atoms with van der Waals surface area (Å²) in [6, 6.07) is 8.57. The molecule has 0 saturated carbocycles. The fourth-order valence-electron chi connectivity index (χ4n) is 1.77. The predicted octanol–water partition coefficient (Wildman–Crippen LogP) is 4.08. The van der Waals surface area contributed by atoms with Crippen LogP contribution in [0.4, 0.5) is 29.3 Å². The molecular weight excluding hydrogens is 313 g/mol. The molecule has 0 spiro atoms. The van der Waals surface area contributed by atoms with Gasteiger partial charge in [0.25, 0.3) is 0 Å². The average Bonchev–Trinajstić information content (AvgIpc) is 2.49. The zero-order valence-corrected chi connectivity index (χ0v) is 12.0. The third-order valence-corrected chi connectivity index (χ3v) is 2.74. The zero-order chi connectivity index (χ0) is 16.8. The fourth-order valence-corrected chi connectivity index (χ4v) is 1.77. The van der Waals surface area contributed by atoms with Crippen molar-refractivity contribution in [1.29, 1.82) is 0 Å². The molecule has 0 bridgehead atoms.